The molecule has 0 bridgehead atoms. The summed E-state index contributed by atoms with van der Waals surface area (Å²) in [5.41, 5.74) is 1.45. The van der Waals surface area contributed by atoms with Gasteiger partial charge >= 0.3 is 0 Å². The first-order chi connectivity index (χ1) is 25.0. The summed E-state index contributed by atoms with van der Waals surface area (Å²) in [7, 11) is -0.281. The average molecular weight is 769 g/mol. The van der Waals surface area contributed by atoms with Crippen LogP contribution in [0.2, 0.25) is 10.0 Å². The van der Waals surface area contributed by atoms with Gasteiger partial charge < -0.3 is 24.4 Å². The molecule has 4 aromatic carbocycles. The van der Waals surface area contributed by atoms with Gasteiger partial charge in [-0.2, -0.15) is 0 Å². The second-order valence-corrected chi connectivity index (χ2v) is 15.2. The quantitative estimate of drug-likeness (QED) is 0.135. The van der Waals surface area contributed by atoms with E-state index in [2.05, 4.69) is 5.32 Å². The highest BCUT2D eigenvalue weighted by molar-refractivity contribution is 7.92. The third kappa shape index (κ3) is 9.31. The van der Waals surface area contributed by atoms with Gasteiger partial charge in [0.25, 0.3) is 10.0 Å². The molecule has 5 rings (SSSR count). The number of carbonyl (C=O) groups excluding carboxylic acids is 2. The van der Waals surface area contributed by atoms with Crippen LogP contribution in [0.4, 0.5) is 5.69 Å². The number of ether oxygens (including phenoxy) is 3. The van der Waals surface area contributed by atoms with Gasteiger partial charge in [-0.05, 0) is 60.4 Å². The van der Waals surface area contributed by atoms with E-state index < -0.39 is 28.5 Å². The SMILES string of the molecule is COc1ccc(S(=O)(=O)N(CC(=O)N(Cc2ccccc2Cl)[C@H](Cc2ccccc2)C(=O)NC2CCCCC2)c2cc(Cl)ccc2OC)cc1OC. The summed E-state index contributed by atoms with van der Waals surface area (Å²) in [6, 6.07) is 24.1. The van der Waals surface area contributed by atoms with E-state index in [0.29, 0.717) is 16.3 Å². The number of halogens is 2. The Morgan fingerprint density at radius 3 is 2.13 bits per heavy atom. The van der Waals surface area contributed by atoms with Crippen LogP contribution < -0.4 is 23.8 Å². The van der Waals surface area contributed by atoms with Crippen molar-refractivity contribution in [3.63, 3.8) is 0 Å². The maximum Gasteiger partial charge on any atom is 0.265 e. The molecule has 0 radical (unpaired) electrons. The van der Waals surface area contributed by atoms with Gasteiger partial charge in [-0.1, -0.05) is 91.0 Å². The van der Waals surface area contributed by atoms with Gasteiger partial charge in [0, 0.05) is 35.1 Å². The molecular formula is C39H43Cl2N3O7S. The number of carbonyl (C=O) groups is 2. The Kier molecular flexibility index (Phi) is 13.3. The van der Waals surface area contributed by atoms with Crippen LogP contribution in [-0.2, 0) is 32.6 Å². The molecule has 1 aliphatic rings. The molecule has 13 heteroatoms. The van der Waals surface area contributed by atoms with Crippen LogP contribution in [0.1, 0.15) is 43.2 Å². The van der Waals surface area contributed by atoms with E-state index in [9.17, 15) is 18.0 Å². The normalized spacial score (nSPS) is 13.9. The predicted molar refractivity (Wildman–Crippen MR) is 203 cm³/mol. The van der Waals surface area contributed by atoms with Gasteiger partial charge in [-0.3, -0.25) is 13.9 Å². The molecule has 1 saturated carbocycles. The van der Waals surface area contributed by atoms with Crippen LogP contribution in [0.3, 0.4) is 0 Å². The smallest absolute Gasteiger partial charge is 0.265 e. The van der Waals surface area contributed by atoms with Crippen molar-refractivity contribution in [3.05, 3.63) is 112 Å². The molecule has 276 valence electrons. The van der Waals surface area contributed by atoms with Crippen LogP contribution in [-0.4, -0.2) is 65.1 Å². The number of hydrogen-bond donors (Lipinski definition) is 1. The van der Waals surface area contributed by atoms with Gasteiger partial charge in [-0.25, -0.2) is 8.42 Å². The summed E-state index contributed by atoms with van der Waals surface area (Å²) in [4.78, 5) is 30.5. The van der Waals surface area contributed by atoms with Crippen molar-refractivity contribution >= 4 is 50.7 Å². The van der Waals surface area contributed by atoms with Gasteiger partial charge in [0.2, 0.25) is 11.8 Å². The zero-order valence-electron chi connectivity index (χ0n) is 29.4. The number of rotatable bonds is 15. The standard InChI is InChI=1S/C39H43Cl2N3O7S/c1-49-35-20-18-29(40)23-33(35)44(52(47,48)31-19-21-36(50-2)37(24-31)51-3)26-38(45)43(25-28-14-10-11-17-32(28)41)34(22-27-12-6-4-7-13-27)39(46)42-30-15-8-5-9-16-30/h4,6-7,10-14,17-21,23-24,30,34H,5,8-9,15-16,22,25-26H2,1-3H3,(H,42,46)/t34-/m1/s1. The molecule has 1 aliphatic carbocycles. The largest absolute Gasteiger partial charge is 0.495 e. The lowest BCUT2D eigenvalue weighted by Crippen LogP contribution is -2.55. The molecule has 1 fully saturated rings. The van der Waals surface area contributed by atoms with Gasteiger partial charge in [-0.15, -0.1) is 0 Å². The third-order valence-corrected chi connectivity index (χ3v) is 11.5. The van der Waals surface area contributed by atoms with Crippen molar-refractivity contribution in [1.29, 1.82) is 0 Å². The summed E-state index contributed by atoms with van der Waals surface area (Å²) in [5, 5.41) is 3.82. The fourth-order valence-corrected chi connectivity index (χ4v) is 8.18. The summed E-state index contributed by atoms with van der Waals surface area (Å²) in [5.74, 6) is -0.315. The van der Waals surface area contributed by atoms with Crippen LogP contribution in [0.25, 0.3) is 0 Å². The number of sulfonamides is 1. The predicted octanol–water partition coefficient (Wildman–Crippen LogP) is 7.30. The maximum atomic E-state index is 14.9. The van der Waals surface area contributed by atoms with E-state index in [1.165, 1.54) is 56.6 Å². The fraction of sp³-hybridized carbons (Fsp3) is 0.333. The van der Waals surface area contributed by atoms with Crippen molar-refractivity contribution in [2.75, 3.05) is 32.2 Å². The second-order valence-electron chi connectivity index (χ2n) is 12.5. The molecule has 0 unspecified atom stereocenters. The Bertz CT molecular complexity index is 1960. The van der Waals surface area contributed by atoms with Crippen molar-refractivity contribution in [2.45, 2.75) is 62.0 Å². The Labute approximate surface area is 315 Å². The molecule has 0 heterocycles. The van der Waals surface area contributed by atoms with Gasteiger partial charge in [0.15, 0.2) is 11.5 Å². The van der Waals surface area contributed by atoms with Crippen LogP contribution in [0, 0.1) is 0 Å². The highest BCUT2D eigenvalue weighted by Crippen LogP contribution is 2.37. The average Bonchev–Trinajstić information content (AvgIpc) is 3.16. The molecule has 0 spiro atoms. The summed E-state index contributed by atoms with van der Waals surface area (Å²) >= 11 is 13.1. The maximum absolute atomic E-state index is 14.9. The van der Waals surface area contributed by atoms with Gasteiger partial charge in [0.1, 0.15) is 18.3 Å². The topological polar surface area (TPSA) is 114 Å². The molecule has 1 atom stereocenters. The number of benzene rings is 4. The van der Waals surface area contributed by atoms with Crippen LogP contribution in [0.5, 0.6) is 17.2 Å². The Morgan fingerprint density at radius 2 is 1.46 bits per heavy atom. The van der Waals surface area contributed by atoms with Crippen molar-refractivity contribution in [3.8, 4) is 17.2 Å². The third-order valence-electron chi connectivity index (χ3n) is 9.15. The number of amides is 2. The van der Waals surface area contributed by atoms with E-state index in [0.717, 1.165) is 42.0 Å². The minimum Gasteiger partial charge on any atom is -0.495 e. The summed E-state index contributed by atoms with van der Waals surface area (Å²) < 4.78 is 46.6. The minimum atomic E-state index is -4.51. The highest BCUT2D eigenvalue weighted by Gasteiger charge is 2.37. The van der Waals surface area contributed by atoms with E-state index in [-0.39, 0.29) is 52.0 Å². The van der Waals surface area contributed by atoms with E-state index in [4.69, 9.17) is 37.4 Å². The van der Waals surface area contributed by atoms with Crippen molar-refractivity contribution in [1.82, 2.24) is 10.2 Å². The molecule has 1 N–H and O–H groups in total. The molecule has 52 heavy (non-hydrogen) atoms. The lowest BCUT2D eigenvalue weighted by Gasteiger charge is -2.35. The monoisotopic (exact) mass is 767 g/mol. The molecule has 2 amide bonds. The Balaban J connectivity index is 1.63. The number of methoxy groups -OCH3 is 3. The zero-order chi connectivity index (χ0) is 37.3. The summed E-state index contributed by atoms with van der Waals surface area (Å²) in [6.45, 7) is -0.773. The van der Waals surface area contributed by atoms with E-state index in [1.807, 2.05) is 30.3 Å². The Hall–Kier alpha value is -4.45. The molecule has 4 aromatic rings. The molecule has 0 saturated heterocycles. The number of nitrogens with zero attached hydrogens (tertiary/aromatic N) is 2. The first-order valence-corrected chi connectivity index (χ1v) is 19.2. The lowest BCUT2D eigenvalue weighted by atomic mass is 9.94. The number of nitrogens with one attached hydrogen (secondary N) is 1. The molecule has 10 nitrogen and oxygen atoms in total. The van der Waals surface area contributed by atoms with Crippen molar-refractivity contribution < 1.29 is 32.2 Å². The number of hydrogen-bond acceptors (Lipinski definition) is 7. The lowest BCUT2D eigenvalue weighted by molar-refractivity contribution is -0.140. The summed E-state index contributed by atoms with van der Waals surface area (Å²) in [6.07, 6.45) is 4.97. The second kappa shape index (κ2) is 17.9. The van der Waals surface area contributed by atoms with E-state index >= 15 is 0 Å². The molecular weight excluding hydrogens is 725 g/mol. The minimum absolute atomic E-state index is 0.0297. The van der Waals surface area contributed by atoms with Crippen LogP contribution in [0.15, 0.2) is 95.9 Å². The highest BCUT2D eigenvalue weighted by atomic mass is 35.5. The first kappa shape index (κ1) is 38.8. The first-order valence-electron chi connectivity index (χ1n) is 17.0. The van der Waals surface area contributed by atoms with Gasteiger partial charge in [0.05, 0.1) is 31.9 Å². The molecule has 0 aliphatic heterocycles. The zero-order valence-corrected chi connectivity index (χ0v) is 31.7. The Morgan fingerprint density at radius 1 is 0.808 bits per heavy atom. The molecule has 0 aromatic heterocycles. The van der Waals surface area contributed by atoms with E-state index in [1.54, 1.807) is 30.3 Å². The van der Waals surface area contributed by atoms with Crippen molar-refractivity contribution in [2.24, 2.45) is 0 Å². The number of anilines is 1. The fourth-order valence-electron chi connectivity index (χ4n) is 6.38. The van der Waals surface area contributed by atoms with Crippen LogP contribution >= 0.6 is 23.2 Å².